The summed E-state index contributed by atoms with van der Waals surface area (Å²) in [5, 5.41) is 17.1. The average Bonchev–Trinajstić information content (AvgIpc) is 2.50. The first kappa shape index (κ1) is 9.25. The maximum Gasteiger partial charge on any atom is 0.336 e. The quantitative estimate of drug-likeness (QED) is 0.634. The molecule has 4 nitrogen and oxygen atoms in total. The first-order valence-corrected chi connectivity index (χ1v) is 3.65. The van der Waals surface area contributed by atoms with E-state index >= 15 is 0 Å². The van der Waals surface area contributed by atoms with Gasteiger partial charge >= 0.3 is 11.9 Å². The summed E-state index contributed by atoms with van der Waals surface area (Å²) in [6.07, 6.45) is 6.26. The molecule has 0 fully saturated rings. The van der Waals surface area contributed by atoms with Gasteiger partial charge in [-0.15, -0.1) is 0 Å². The Morgan fingerprint density at radius 3 is 2.46 bits per heavy atom. The van der Waals surface area contributed by atoms with E-state index in [1.165, 1.54) is 0 Å². The molecule has 0 atom stereocenters. The third kappa shape index (κ3) is 2.30. The molecule has 13 heavy (non-hydrogen) atoms. The Labute approximate surface area is 74.5 Å². The molecule has 2 N–H and O–H groups in total. The monoisotopic (exact) mass is 180 g/mol. The lowest BCUT2D eigenvalue weighted by Gasteiger charge is -2.00. The van der Waals surface area contributed by atoms with Crippen LogP contribution in [0.5, 0.6) is 0 Å². The minimum atomic E-state index is -1.25. The lowest BCUT2D eigenvalue weighted by Crippen LogP contribution is -2.05. The highest BCUT2D eigenvalue weighted by Gasteiger charge is 2.15. The first-order valence-electron chi connectivity index (χ1n) is 3.65. The molecule has 0 unspecified atom stereocenters. The number of carbonyl (C=O) groups is 2. The Balaban J connectivity index is 2.93. The molecular formula is C9H8O4. The second kappa shape index (κ2) is 3.71. The summed E-state index contributed by atoms with van der Waals surface area (Å²) in [6, 6.07) is 0. The zero-order chi connectivity index (χ0) is 9.84. The van der Waals surface area contributed by atoms with Gasteiger partial charge in [-0.25, -0.2) is 9.59 Å². The summed E-state index contributed by atoms with van der Waals surface area (Å²) in [7, 11) is 0. The zero-order valence-electron chi connectivity index (χ0n) is 6.73. The number of rotatable bonds is 3. The van der Waals surface area contributed by atoms with Gasteiger partial charge in [0.1, 0.15) is 0 Å². The Bertz CT molecular complexity index is 334. The summed E-state index contributed by atoms with van der Waals surface area (Å²) in [5.74, 6) is -2.46. The third-order valence-corrected chi connectivity index (χ3v) is 1.62. The van der Waals surface area contributed by atoms with E-state index in [9.17, 15) is 9.59 Å². The second-order valence-corrected chi connectivity index (χ2v) is 2.53. The molecule has 0 saturated heterocycles. The van der Waals surface area contributed by atoms with E-state index in [2.05, 4.69) is 0 Å². The lowest BCUT2D eigenvalue weighted by molar-refractivity contribution is -0.134. The number of aliphatic carboxylic acids is 2. The highest BCUT2D eigenvalue weighted by Crippen LogP contribution is 2.19. The van der Waals surface area contributed by atoms with Gasteiger partial charge in [0.2, 0.25) is 0 Å². The summed E-state index contributed by atoms with van der Waals surface area (Å²) in [4.78, 5) is 20.9. The van der Waals surface area contributed by atoms with Crippen LogP contribution in [0.3, 0.4) is 0 Å². The van der Waals surface area contributed by atoms with Crippen LogP contribution in [-0.4, -0.2) is 22.2 Å². The highest BCUT2D eigenvalue weighted by atomic mass is 16.4. The lowest BCUT2D eigenvalue weighted by atomic mass is 10.1. The number of allylic oxidation sites excluding steroid dienone is 3. The molecule has 0 amide bonds. The van der Waals surface area contributed by atoms with Gasteiger partial charge in [0.15, 0.2) is 0 Å². The predicted molar refractivity (Wildman–Crippen MR) is 45.2 cm³/mol. The zero-order valence-corrected chi connectivity index (χ0v) is 6.73. The molecule has 1 rings (SSSR count). The number of hydrogen-bond donors (Lipinski definition) is 2. The van der Waals surface area contributed by atoms with Gasteiger partial charge in [-0.3, -0.25) is 0 Å². The largest absolute Gasteiger partial charge is 0.478 e. The van der Waals surface area contributed by atoms with Crippen molar-refractivity contribution < 1.29 is 19.8 Å². The Morgan fingerprint density at radius 2 is 2.08 bits per heavy atom. The van der Waals surface area contributed by atoms with E-state index in [4.69, 9.17) is 10.2 Å². The van der Waals surface area contributed by atoms with E-state index in [0.717, 1.165) is 0 Å². The fourth-order valence-corrected chi connectivity index (χ4v) is 1.06. The molecule has 0 aromatic heterocycles. The second-order valence-electron chi connectivity index (χ2n) is 2.53. The van der Waals surface area contributed by atoms with Crippen LogP contribution >= 0.6 is 0 Å². The molecule has 0 aromatic rings. The molecule has 0 radical (unpaired) electrons. The van der Waals surface area contributed by atoms with Crippen molar-refractivity contribution in [3.8, 4) is 0 Å². The Morgan fingerprint density at radius 1 is 1.38 bits per heavy atom. The molecule has 4 heteroatoms. The van der Waals surface area contributed by atoms with Crippen molar-refractivity contribution in [3.63, 3.8) is 0 Å². The first-order chi connectivity index (χ1) is 6.11. The predicted octanol–water partition coefficient (Wildman–Crippen LogP) is 0.968. The molecule has 1 aliphatic carbocycles. The van der Waals surface area contributed by atoms with E-state index in [1.54, 1.807) is 18.2 Å². The minimum Gasteiger partial charge on any atom is -0.478 e. The van der Waals surface area contributed by atoms with Gasteiger partial charge < -0.3 is 10.2 Å². The molecule has 0 spiro atoms. The van der Waals surface area contributed by atoms with Crippen LogP contribution in [0.15, 0.2) is 35.5 Å². The van der Waals surface area contributed by atoms with Gasteiger partial charge in [0.25, 0.3) is 0 Å². The maximum absolute atomic E-state index is 10.6. The van der Waals surface area contributed by atoms with Crippen molar-refractivity contribution in [2.45, 2.75) is 6.42 Å². The molecule has 0 aromatic carbocycles. The van der Waals surface area contributed by atoms with Crippen LogP contribution in [0.25, 0.3) is 0 Å². The topological polar surface area (TPSA) is 74.6 Å². The third-order valence-electron chi connectivity index (χ3n) is 1.62. The molecule has 0 bridgehead atoms. The normalized spacial score (nSPS) is 15.7. The fraction of sp³-hybridized carbons (Fsp3) is 0.111. The van der Waals surface area contributed by atoms with Gasteiger partial charge in [0.05, 0.1) is 5.57 Å². The van der Waals surface area contributed by atoms with E-state index in [1.807, 2.05) is 0 Å². The smallest absolute Gasteiger partial charge is 0.336 e. The van der Waals surface area contributed by atoms with Crippen molar-refractivity contribution >= 4 is 11.9 Å². The molecular weight excluding hydrogens is 172 g/mol. The van der Waals surface area contributed by atoms with Crippen molar-refractivity contribution in [2.75, 3.05) is 0 Å². The Hall–Kier alpha value is -1.84. The number of carboxylic acids is 2. The molecule has 0 heterocycles. The van der Waals surface area contributed by atoms with E-state index < -0.39 is 11.9 Å². The molecule has 1 aliphatic rings. The van der Waals surface area contributed by atoms with Crippen molar-refractivity contribution in [1.82, 2.24) is 0 Å². The minimum absolute atomic E-state index is 0.155. The van der Waals surface area contributed by atoms with Crippen molar-refractivity contribution in [2.24, 2.45) is 0 Å². The van der Waals surface area contributed by atoms with E-state index in [0.29, 0.717) is 18.1 Å². The summed E-state index contributed by atoms with van der Waals surface area (Å²) >= 11 is 0. The van der Waals surface area contributed by atoms with Gasteiger partial charge in [-0.2, -0.15) is 0 Å². The van der Waals surface area contributed by atoms with Crippen LogP contribution in [-0.2, 0) is 9.59 Å². The number of hydrogen-bond acceptors (Lipinski definition) is 2. The van der Waals surface area contributed by atoms with Crippen molar-refractivity contribution in [3.05, 3.63) is 35.5 Å². The summed E-state index contributed by atoms with van der Waals surface area (Å²) < 4.78 is 0. The van der Waals surface area contributed by atoms with Gasteiger partial charge in [-0.05, 0) is 12.0 Å². The van der Waals surface area contributed by atoms with Crippen LogP contribution in [0.1, 0.15) is 6.42 Å². The fourth-order valence-electron chi connectivity index (χ4n) is 1.06. The van der Waals surface area contributed by atoms with Crippen LogP contribution < -0.4 is 0 Å². The van der Waals surface area contributed by atoms with Crippen molar-refractivity contribution in [1.29, 1.82) is 0 Å². The van der Waals surface area contributed by atoms with Crippen LogP contribution in [0.2, 0.25) is 0 Å². The van der Waals surface area contributed by atoms with Gasteiger partial charge in [-0.1, -0.05) is 18.2 Å². The van der Waals surface area contributed by atoms with Crippen LogP contribution in [0, 0.1) is 0 Å². The van der Waals surface area contributed by atoms with Crippen LogP contribution in [0.4, 0.5) is 0 Å². The SMILES string of the molecule is O=C(O)/C=C(/C(=O)O)C1=CC=CC1. The molecule has 0 aliphatic heterocycles. The number of carboxylic acid groups (broad SMARTS) is 2. The maximum atomic E-state index is 10.6. The summed E-state index contributed by atoms with van der Waals surface area (Å²) in [6.45, 7) is 0. The van der Waals surface area contributed by atoms with E-state index in [-0.39, 0.29) is 5.57 Å². The summed E-state index contributed by atoms with van der Waals surface area (Å²) in [5.41, 5.74) is 0.368. The van der Waals surface area contributed by atoms with Gasteiger partial charge in [0, 0.05) is 6.08 Å². The average molecular weight is 180 g/mol. The standard InChI is InChI=1S/C9H8O4/c10-8(11)5-7(9(12)13)6-3-1-2-4-6/h1-3,5H,4H2,(H,10,11)(H,12,13)/b7-5+. The molecule has 68 valence electrons. The Kier molecular flexibility index (Phi) is 2.64. The molecule has 0 saturated carbocycles. The highest BCUT2D eigenvalue weighted by molar-refractivity contribution is 5.98.